The van der Waals surface area contributed by atoms with Crippen molar-refractivity contribution < 1.29 is 14.0 Å². The smallest absolute Gasteiger partial charge is 0.244 e. The van der Waals surface area contributed by atoms with Crippen molar-refractivity contribution in [2.45, 2.75) is 6.42 Å². The minimum absolute atomic E-state index is 0.173. The number of anilines is 1. The Morgan fingerprint density at radius 3 is 2.61 bits per heavy atom. The summed E-state index contributed by atoms with van der Waals surface area (Å²) < 4.78 is 7.16. The number of para-hydroxylation sites is 2. The largest absolute Gasteiger partial charge is 0.465 e. The Bertz CT molecular complexity index is 1220. The van der Waals surface area contributed by atoms with Gasteiger partial charge in [-0.25, -0.2) is 4.98 Å². The highest BCUT2D eigenvalue weighted by Crippen LogP contribution is 2.24. The predicted octanol–water partition coefficient (Wildman–Crippen LogP) is 3.99. The molecule has 2 N–H and O–H groups in total. The van der Waals surface area contributed by atoms with Crippen LogP contribution in [0.2, 0.25) is 0 Å². The quantitative estimate of drug-likeness (QED) is 0.448. The summed E-state index contributed by atoms with van der Waals surface area (Å²) in [7, 11) is 1.98. The second-order valence-electron chi connectivity index (χ2n) is 7.00. The van der Waals surface area contributed by atoms with Crippen LogP contribution in [0.4, 0.5) is 5.69 Å². The van der Waals surface area contributed by atoms with Crippen LogP contribution in [0.25, 0.3) is 28.5 Å². The van der Waals surface area contributed by atoms with Crippen LogP contribution in [0.3, 0.4) is 0 Å². The SMILES string of the molecule is Cn1c(-c2ccc(NC(=O)CCNC(=O)/C=C/c3ccco3)cc2)nc2ccccc21. The third-order valence-electron chi connectivity index (χ3n) is 4.81. The number of hydrogen-bond donors (Lipinski definition) is 2. The molecule has 0 aliphatic carbocycles. The minimum Gasteiger partial charge on any atom is -0.465 e. The van der Waals surface area contributed by atoms with Gasteiger partial charge in [-0.15, -0.1) is 0 Å². The average Bonchev–Trinajstić information content (AvgIpc) is 3.41. The molecule has 4 aromatic rings. The molecule has 31 heavy (non-hydrogen) atoms. The molecule has 0 aliphatic heterocycles. The fraction of sp³-hybridized carbons (Fsp3) is 0.125. The zero-order chi connectivity index (χ0) is 21.6. The number of fused-ring (bicyclic) bond motifs is 1. The number of benzene rings is 2. The molecule has 4 rings (SSSR count). The number of aromatic nitrogens is 2. The van der Waals surface area contributed by atoms with E-state index in [1.807, 2.05) is 60.1 Å². The monoisotopic (exact) mass is 414 g/mol. The lowest BCUT2D eigenvalue weighted by Crippen LogP contribution is -2.26. The fourth-order valence-corrected chi connectivity index (χ4v) is 3.23. The van der Waals surface area contributed by atoms with Gasteiger partial charge in [-0.2, -0.15) is 0 Å². The Hall–Kier alpha value is -4.13. The molecule has 0 unspecified atom stereocenters. The molecule has 156 valence electrons. The second kappa shape index (κ2) is 9.13. The summed E-state index contributed by atoms with van der Waals surface area (Å²) in [5, 5.41) is 5.51. The maximum atomic E-state index is 12.2. The van der Waals surface area contributed by atoms with E-state index in [1.54, 1.807) is 18.2 Å². The summed E-state index contributed by atoms with van der Waals surface area (Å²) in [6, 6.07) is 19.0. The van der Waals surface area contributed by atoms with Crippen LogP contribution in [-0.2, 0) is 16.6 Å². The van der Waals surface area contributed by atoms with E-state index in [4.69, 9.17) is 4.42 Å². The molecule has 0 fully saturated rings. The first-order valence-corrected chi connectivity index (χ1v) is 9.91. The number of carbonyl (C=O) groups excluding carboxylic acids is 2. The van der Waals surface area contributed by atoms with E-state index in [9.17, 15) is 9.59 Å². The van der Waals surface area contributed by atoms with Gasteiger partial charge < -0.3 is 19.6 Å². The molecule has 7 heteroatoms. The summed E-state index contributed by atoms with van der Waals surface area (Å²) in [4.78, 5) is 28.6. The van der Waals surface area contributed by atoms with Crippen molar-refractivity contribution in [2.24, 2.45) is 7.05 Å². The van der Waals surface area contributed by atoms with Crippen LogP contribution >= 0.6 is 0 Å². The number of carbonyl (C=O) groups is 2. The molecule has 0 bridgehead atoms. The van der Waals surface area contributed by atoms with Gasteiger partial charge in [0, 0.05) is 37.3 Å². The summed E-state index contributed by atoms with van der Waals surface area (Å²) in [5.41, 5.74) is 3.67. The Morgan fingerprint density at radius 1 is 1.06 bits per heavy atom. The van der Waals surface area contributed by atoms with Crippen molar-refractivity contribution in [3.63, 3.8) is 0 Å². The Kier molecular flexibility index (Phi) is 5.93. The van der Waals surface area contributed by atoms with Crippen LogP contribution in [0.15, 0.2) is 77.4 Å². The van der Waals surface area contributed by atoms with Gasteiger partial charge in [0.25, 0.3) is 0 Å². The van der Waals surface area contributed by atoms with Crippen molar-refractivity contribution >= 4 is 34.6 Å². The Labute approximate surface area is 179 Å². The number of nitrogens with zero attached hydrogens (tertiary/aromatic N) is 2. The first-order chi connectivity index (χ1) is 15.1. The maximum absolute atomic E-state index is 12.2. The van der Waals surface area contributed by atoms with E-state index in [0.717, 1.165) is 22.4 Å². The van der Waals surface area contributed by atoms with Crippen LogP contribution in [0.5, 0.6) is 0 Å². The van der Waals surface area contributed by atoms with Gasteiger partial charge in [-0.05, 0) is 54.6 Å². The van der Waals surface area contributed by atoms with Gasteiger partial charge in [-0.1, -0.05) is 12.1 Å². The van der Waals surface area contributed by atoms with Gasteiger partial charge in [0.1, 0.15) is 11.6 Å². The topological polar surface area (TPSA) is 89.2 Å². The summed E-state index contributed by atoms with van der Waals surface area (Å²) in [5.74, 6) is 1.00. The lowest BCUT2D eigenvalue weighted by molar-refractivity contribution is -0.117. The maximum Gasteiger partial charge on any atom is 0.244 e. The first-order valence-electron chi connectivity index (χ1n) is 9.91. The van der Waals surface area contributed by atoms with Crippen LogP contribution in [0.1, 0.15) is 12.2 Å². The zero-order valence-electron chi connectivity index (χ0n) is 17.0. The molecule has 0 radical (unpaired) electrons. The fourth-order valence-electron chi connectivity index (χ4n) is 3.23. The third kappa shape index (κ3) is 4.90. The molecule has 7 nitrogen and oxygen atoms in total. The highest BCUT2D eigenvalue weighted by atomic mass is 16.3. The number of furan rings is 1. The van der Waals surface area contributed by atoms with E-state index in [0.29, 0.717) is 11.4 Å². The molecule has 2 heterocycles. The number of nitrogens with one attached hydrogen (secondary N) is 2. The molecule has 2 aromatic carbocycles. The normalized spacial score (nSPS) is 11.1. The summed E-state index contributed by atoms with van der Waals surface area (Å²) in [6.45, 7) is 0.241. The second-order valence-corrected chi connectivity index (χ2v) is 7.00. The van der Waals surface area contributed by atoms with Crippen LogP contribution in [0, 0.1) is 0 Å². The number of amides is 2. The van der Waals surface area contributed by atoms with E-state index >= 15 is 0 Å². The van der Waals surface area contributed by atoms with Crippen LogP contribution in [-0.4, -0.2) is 27.9 Å². The molecule has 2 amide bonds. The lowest BCUT2D eigenvalue weighted by Gasteiger charge is -2.07. The van der Waals surface area contributed by atoms with E-state index in [-0.39, 0.29) is 24.8 Å². The minimum atomic E-state index is -0.281. The Balaban J connectivity index is 1.29. The third-order valence-corrected chi connectivity index (χ3v) is 4.81. The predicted molar refractivity (Wildman–Crippen MR) is 120 cm³/mol. The summed E-state index contributed by atoms with van der Waals surface area (Å²) >= 11 is 0. The molecular weight excluding hydrogens is 392 g/mol. The molecule has 2 aromatic heterocycles. The van der Waals surface area contributed by atoms with E-state index in [1.165, 1.54) is 12.3 Å². The summed E-state index contributed by atoms with van der Waals surface area (Å²) in [6.07, 6.45) is 4.65. The highest BCUT2D eigenvalue weighted by molar-refractivity contribution is 5.93. The Morgan fingerprint density at radius 2 is 1.87 bits per heavy atom. The number of hydrogen-bond acceptors (Lipinski definition) is 4. The molecule has 0 spiro atoms. The van der Waals surface area contributed by atoms with Crippen molar-refractivity contribution in [3.8, 4) is 11.4 Å². The number of aryl methyl sites for hydroxylation is 1. The molecule has 0 aliphatic rings. The van der Waals surface area contributed by atoms with Gasteiger partial charge in [0.15, 0.2) is 0 Å². The van der Waals surface area contributed by atoms with Crippen LogP contribution < -0.4 is 10.6 Å². The van der Waals surface area contributed by atoms with Crippen molar-refractivity contribution in [3.05, 3.63) is 78.8 Å². The molecule has 0 saturated carbocycles. The van der Waals surface area contributed by atoms with Gasteiger partial charge >= 0.3 is 0 Å². The molecular formula is C24H22N4O3. The van der Waals surface area contributed by atoms with E-state index < -0.39 is 0 Å². The molecule has 0 atom stereocenters. The average molecular weight is 414 g/mol. The number of imidazole rings is 1. The zero-order valence-corrected chi connectivity index (χ0v) is 17.0. The van der Waals surface area contributed by atoms with Crippen molar-refractivity contribution in [2.75, 3.05) is 11.9 Å². The molecule has 0 saturated heterocycles. The highest BCUT2D eigenvalue weighted by Gasteiger charge is 2.10. The number of rotatable bonds is 7. The van der Waals surface area contributed by atoms with Gasteiger partial charge in [-0.3, -0.25) is 9.59 Å². The van der Waals surface area contributed by atoms with Gasteiger partial charge in [0.05, 0.1) is 17.3 Å². The van der Waals surface area contributed by atoms with E-state index in [2.05, 4.69) is 15.6 Å². The van der Waals surface area contributed by atoms with Gasteiger partial charge in [0.2, 0.25) is 11.8 Å². The van der Waals surface area contributed by atoms with Crippen molar-refractivity contribution in [1.82, 2.24) is 14.9 Å². The lowest BCUT2D eigenvalue weighted by atomic mass is 10.2. The first kappa shape index (κ1) is 20.2. The standard InChI is InChI=1S/C24H22N4O3/c1-28-21-7-3-2-6-20(21)27-24(28)17-8-10-18(11-9-17)26-23(30)14-15-25-22(29)13-12-19-5-4-16-31-19/h2-13,16H,14-15H2,1H3,(H,25,29)(H,26,30)/b13-12+. The van der Waals surface area contributed by atoms with Crippen molar-refractivity contribution in [1.29, 1.82) is 0 Å².